The number of hydrogen-bond donors (Lipinski definition) is 0. The quantitative estimate of drug-likeness (QED) is 0.695. The van der Waals surface area contributed by atoms with Crippen LogP contribution in [0.15, 0.2) is 0 Å². The van der Waals surface area contributed by atoms with Crippen LogP contribution in [0, 0.1) is 17.8 Å². The Kier molecular flexibility index (Phi) is 4.87. The molecule has 0 N–H and O–H groups in total. The molecule has 2 heterocycles. The van der Waals surface area contributed by atoms with Gasteiger partial charge in [0.15, 0.2) is 0 Å². The van der Waals surface area contributed by atoms with Gasteiger partial charge in [-0.1, -0.05) is 6.92 Å². The predicted octanol–water partition coefficient (Wildman–Crippen LogP) is 0.795. The normalized spacial score (nSPS) is 30.4. The van der Waals surface area contributed by atoms with Crippen LogP contribution in [0.4, 0.5) is 0 Å². The van der Waals surface area contributed by atoms with Crippen LogP contribution in [-0.2, 0) is 28.8 Å². The third kappa shape index (κ3) is 3.57. The number of rotatable bonds is 4. The molecule has 3 aliphatic rings. The van der Waals surface area contributed by atoms with Crippen molar-refractivity contribution in [2.75, 3.05) is 6.54 Å². The van der Waals surface area contributed by atoms with Crippen LogP contribution in [0.5, 0.6) is 0 Å². The summed E-state index contributed by atoms with van der Waals surface area (Å²) in [5.74, 6) is -2.17. The molecule has 0 radical (unpaired) electrons. The molecule has 8 nitrogen and oxygen atoms in total. The molecular weight excluding hydrogens is 328 g/mol. The van der Waals surface area contributed by atoms with E-state index in [0.717, 1.165) is 0 Å². The van der Waals surface area contributed by atoms with Crippen LogP contribution in [0.3, 0.4) is 0 Å². The average Bonchev–Trinajstić information content (AvgIpc) is 3.02. The zero-order chi connectivity index (χ0) is 18.1. The van der Waals surface area contributed by atoms with Crippen molar-refractivity contribution >= 4 is 29.6 Å². The van der Waals surface area contributed by atoms with E-state index in [1.54, 1.807) is 6.92 Å². The number of hydroxylamine groups is 2. The van der Waals surface area contributed by atoms with Crippen LogP contribution in [0.25, 0.3) is 0 Å². The van der Waals surface area contributed by atoms with E-state index in [4.69, 9.17) is 4.84 Å². The zero-order valence-corrected chi connectivity index (χ0v) is 14.2. The first kappa shape index (κ1) is 17.6. The maximum absolute atomic E-state index is 12.2. The van der Waals surface area contributed by atoms with Crippen molar-refractivity contribution in [3.05, 3.63) is 0 Å². The summed E-state index contributed by atoms with van der Waals surface area (Å²) >= 11 is 0. The molecule has 3 rings (SSSR count). The highest BCUT2D eigenvalue weighted by Crippen LogP contribution is 2.32. The van der Waals surface area contributed by atoms with Gasteiger partial charge < -0.3 is 4.84 Å². The summed E-state index contributed by atoms with van der Waals surface area (Å²) in [6.07, 6.45) is 2.96. The second-order valence-corrected chi connectivity index (χ2v) is 7.16. The molecule has 0 aromatic carbocycles. The molecule has 1 aliphatic carbocycles. The van der Waals surface area contributed by atoms with E-state index < -0.39 is 17.8 Å². The van der Waals surface area contributed by atoms with Gasteiger partial charge in [-0.15, -0.1) is 5.06 Å². The van der Waals surface area contributed by atoms with E-state index in [2.05, 4.69) is 0 Å². The molecule has 1 atom stereocenters. The van der Waals surface area contributed by atoms with Crippen molar-refractivity contribution in [1.82, 2.24) is 9.96 Å². The Labute approximate surface area is 145 Å². The van der Waals surface area contributed by atoms with E-state index in [1.165, 1.54) is 4.90 Å². The van der Waals surface area contributed by atoms with Crippen LogP contribution < -0.4 is 0 Å². The lowest BCUT2D eigenvalue weighted by Crippen LogP contribution is -2.38. The monoisotopic (exact) mass is 350 g/mol. The first-order valence-corrected chi connectivity index (χ1v) is 8.78. The Morgan fingerprint density at radius 1 is 1.00 bits per heavy atom. The molecule has 2 saturated heterocycles. The maximum Gasteiger partial charge on any atom is 0.336 e. The fraction of sp³-hybridized carbons (Fsp3) is 0.706. The minimum Gasteiger partial charge on any atom is -0.330 e. The summed E-state index contributed by atoms with van der Waals surface area (Å²) in [5, 5.41) is 0.581. The summed E-state index contributed by atoms with van der Waals surface area (Å²) in [6.45, 7) is 2.17. The Morgan fingerprint density at radius 3 is 2.12 bits per heavy atom. The van der Waals surface area contributed by atoms with Gasteiger partial charge in [0.05, 0.1) is 5.92 Å². The van der Waals surface area contributed by atoms with Crippen molar-refractivity contribution in [2.24, 2.45) is 17.8 Å². The molecular formula is C17H22N2O6. The molecule has 0 bridgehead atoms. The van der Waals surface area contributed by atoms with Crippen molar-refractivity contribution in [1.29, 1.82) is 0 Å². The number of likely N-dealkylation sites (tertiary alicyclic amines) is 1. The molecule has 4 amide bonds. The van der Waals surface area contributed by atoms with Gasteiger partial charge in [-0.05, 0) is 31.6 Å². The molecule has 0 aromatic heterocycles. The Morgan fingerprint density at radius 2 is 1.60 bits per heavy atom. The predicted molar refractivity (Wildman–Crippen MR) is 83.1 cm³/mol. The molecule has 1 saturated carbocycles. The van der Waals surface area contributed by atoms with E-state index in [-0.39, 0.29) is 48.8 Å². The number of carbonyl (C=O) groups is 5. The smallest absolute Gasteiger partial charge is 0.330 e. The number of amides is 4. The fourth-order valence-corrected chi connectivity index (χ4v) is 3.70. The van der Waals surface area contributed by atoms with Crippen LogP contribution >= 0.6 is 0 Å². The topological polar surface area (TPSA) is 101 Å². The Balaban J connectivity index is 1.48. The van der Waals surface area contributed by atoms with Crippen molar-refractivity contribution in [2.45, 2.75) is 51.9 Å². The number of imide groups is 2. The molecule has 0 aromatic rings. The molecule has 136 valence electrons. The molecule has 1 unspecified atom stereocenters. The Hall–Kier alpha value is -2.25. The fourth-order valence-electron chi connectivity index (χ4n) is 3.70. The lowest BCUT2D eigenvalue weighted by atomic mass is 9.82. The molecule has 3 fully saturated rings. The van der Waals surface area contributed by atoms with E-state index in [9.17, 15) is 24.0 Å². The van der Waals surface area contributed by atoms with E-state index in [0.29, 0.717) is 37.3 Å². The lowest BCUT2D eigenvalue weighted by Gasteiger charge is -2.30. The van der Waals surface area contributed by atoms with Crippen LogP contribution in [-0.4, -0.2) is 46.1 Å². The van der Waals surface area contributed by atoms with Gasteiger partial charge in [0.1, 0.15) is 0 Å². The summed E-state index contributed by atoms with van der Waals surface area (Å²) in [4.78, 5) is 65.3. The number of nitrogens with zero attached hydrogens (tertiary/aromatic N) is 2. The van der Waals surface area contributed by atoms with Gasteiger partial charge >= 0.3 is 5.97 Å². The summed E-state index contributed by atoms with van der Waals surface area (Å²) in [6, 6.07) is 0. The van der Waals surface area contributed by atoms with Gasteiger partial charge in [0.25, 0.3) is 11.8 Å². The number of carbonyl (C=O) groups excluding carboxylic acids is 5. The van der Waals surface area contributed by atoms with Crippen molar-refractivity contribution in [3.63, 3.8) is 0 Å². The average molecular weight is 350 g/mol. The third-order valence-corrected chi connectivity index (χ3v) is 5.28. The maximum atomic E-state index is 12.2. The van der Waals surface area contributed by atoms with Crippen molar-refractivity contribution in [3.8, 4) is 0 Å². The summed E-state index contributed by atoms with van der Waals surface area (Å²) in [7, 11) is 0. The van der Waals surface area contributed by atoms with Crippen molar-refractivity contribution < 1.29 is 28.8 Å². The lowest BCUT2D eigenvalue weighted by molar-refractivity contribution is -0.201. The second kappa shape index (κ2) is 6.93. The first-order chi connectivity index (χ1) is 11.9. The molecule has 8 heteroatoms. The van der Waals surface area contributed by atoms with E-state index in [1.807, 2.05) is 0 Å². The largest absolute Gasteiger partial charge is 0.336 e. The highest BCUT2D eigenvalue weighted by molar-refractivity contribution is 6.03. The van der Waals surface area contributed by atoms with Gasteiger partial charge in [0, 0.05) is 31.7 Å². The van der Waals surface area contributed by atoms with Gasteiger partial charge in [-0.2, -0.15) is 0 Å². The zero-order valence-electron chi connectivity index (χ0n) is 14.2. The standard InChI is InChI=1S/C17H22N2O6/c1-10-8-15(22)18(16(10)23)9-11-2-4-12(5-3-11)17(24)25-19-13(20)6-7-14(19)21/h10-12H,2-9H2,1H3. The molecule has 25 heavy (non-hydrogen) atoms. The number of hydrogen-bond acceptors (Lipinski definition) is 6. The minimum atomic E-state index is -0.552. The van der Waals surface area contributed by atoms with Crippen LogP contribution in [0.1, 0.15) is 51.9 Å². The Bertz CT molecular complexity index is 607. The van der Waals surface area contributed by atoms with Gasteiger partial charge in [-0.3, -0.25) is 24.1 Å². The third-order valence-electron chi connectivity index (χ3n) is 5.28. The van der Waals surface area contributed by atoms with Crippen LogP contribution in [0.2, 0.25) is 0 Å². The minimum absolute atomic E-state index is 0.0785. The van der Waals surface area contributed by atoms with Gasteiger partial charge in [-0.25, -0.2) is 4.79 Å². The molecule has 2 aliphatic heterocycles. The highest BCUT2D eigenvalue weighted by Gasteiger charge is 2.39. The highest BCUT2D eigenvalue weighted by atomic mass is 16.7. The first-order valence-electron chi connectivity index (χ1n) is 8.78. The summed E-state index contributed by atoms with van der Waals surface area (Å²) < 4.78 is 0. The SMILES string of the molecule is CC1CC(=O)N(CC2CCC(C(=O)ON3C(=O)CCC3=O)CC2)C1=O. The van der Waals surface area contributed by atoms with Gasteiger partial charge in [0.2, 0.25) is 11.8 Å². The second-order valence-electron chi connectivity index (χ2n) is 7.16. The van der Waals surface area contributed by atoms with E-state index >= 15 is 0 Å². The summed E-state index contributed by atoms with van der Waals surface area (Å²) in [5.41, 5.74) is 0. The molecule has 0 spiro atoms.